The summed E-state index contributed by atoms with van der Waals surface area (Å²) in [7, 11) is 0. The lowest BCUT2D eigenvalue weighted by Crippen LogP contribution is -2.15. The van der Waals surface area contributed by atoms with E-state index in [0.717, 1.165) is 5.56 Å². The molecule has 1 atom stereocenters. The van der Waals surface area contributed by atoms with Crippen molar-refractivity contribution in [3.8, 4) is 5.75 Å². The van der Waals surface area contributed by atoms with Crippen molar-refractivity contribution in [3.05, 3.63) is 68.4 Å². The molecule has 0 aliphatic heterocycles. The van der Waals surface area contributed by atoms with Crippen molar-refractivity contribution in [3.63, 3.8) is 0 Å². The van der Waals surface area contributed by atoms with E-state index >= 15 is 0 Å². The average Bonchev–Trinajstić information content (AvgIpc) is 3.03. The van der Waals surface area contributed by atoms with E-state index < -0.39 is 0 Å². The highest BCUT2D eigenvalue weighted by molar-refractivity contribution is 7.16. The summed E-state index contributed by atoms with van der Waals surface area (Å²) >= 11 is 7.53. The molecular formula is C18H14ClN3O2S. The van der Waals surface area contributed by atoms with E-state index in [9.17, 15) is 4.79 Å². The first kappa shape index (κ1) is 16.1. The lowest BCUT2D eigenvalue weighted by atomic mass is 10.2. The van der Waals surface area contributed by atoms with Crippen molar-refractivity contribution < 1.29 is 4.74 Å². The fourth-order valence-corrected chi connectivity index (χ4v) is 3.62. The van der Waals surface area contributed by atoms with E-state index in [1.807, 2.05) is 44.2 Å². The van der Waals surface area contributed by atoms with Gasteiger partial charge in [0.1, 0.15) is 11.9 Å². The third-order valence-electron chi connectivity index (χ3n) is 3.86. The molecule has 0 saturated heterocycles. The van der Waals surface area contributed by atoms with E-state index in [2.05, 4.69) is 10.1 Å². The Morgan fingerprint density at radius 3 is 2.88 bits per heavy atom. The van der Waals surface area contributed by atoms with Crippen LogP contribution in [0.1, 0.15) is 23.6 Å². The zero-order valence-corrected chi connectivity index (χ0v) is 15.1. The van der Waals surface area contributed by atoms with E-state index in [0.29, 0.717) is 31.6 Å². The largest absolute Gasteiger partial charge is 0.482 e. The van der Waals surface area contributed by atoms with Gasteiger partial charge in [0, 0.05) is 0 Å². The Balaban J connectivity index is 1.76. The number of ether oxygens (including phenoxy) is 1. The quantitative estimate of drug-likeness (QED) is 0.535. The molecule has 0 spiro atoms. The Bertz CT molecular complexity index is 1150. The van der Waals surface area contributed by atoms with Crippen LogP contribution in [0.3, 0.4) is 0 Å². The lowest BCUT2D eigenvalue weighted by molar-refractivity contribution is 0.225. The van der Waals surface area contributed by atoms with Crippen molar-refractivity contribution in [2.24, 2.45) is 0 Å². The van der Waals surface area contributed by atoms with Crippen LogP contribution in [0, 0.1) is 6.92 Å². The van der Waals surface area contributed by atoms with Gasteiger partial charge in [-0.05, 0) is 43.7 Å². The van der Waals surface area contributed by atoms with Gasteiger partial charge in [0.15, 0.2) is 5.01 Å². The van der Waals surface area contributed by atoms with Crippen LogP contribution in [0.5, 0.6) is 5.75 Å². The van der Waals surface area contributed by atoms with Crippen molar-refractivity contribution in [2.75, 3.05) is 0 Å². The second-order valence-electron chi connectivity index (χ2n) is 5.76. The molecule has 25 heavy (non-hydrogen) atoms. The van der Waals surface area contributed by atoms with Crippen molar-refractivity contribution in [2.45, 2.75) is 20.0 Å². The molecule has 0 bridgehead atoms. The first-order chi connectivity index (χ1) is 12.0. The molecule has 0 fully saturated rings. The number of hydrogen-bond acceptors (Lipinski definition) is 5. The first-order valence-corrected chi connectivity index (χ1v) is 8.94. The summed E-state index contributed by atoms with van der Waals surface area (Å²) in [6.07, 6.45) is -0.353. The first-order valence-electron chi connectivity index (χ1n) is 7.74. The number of aromatic nitrogens is 3. The molecule has 7 heteroatoms. The van der Waals surface area contributed by atoms with Crippen LogP contribution in [-0.4, -0.2) is 14.6 Å². The highest BCUT2D eigenvalue weighted by Crippen LogP contribution is 2.31. The lowest BCUT2D eigenvalue weighted by Gasteiger charge is -2.13. The van der Waals surface area contributed by atoms with Gasteiger partial charge in [0.2, 0.25) is 4.96 Å². The average molecular weight is 372 g/mol. The smallest absolute Gasteiger partial charge is 0.283 e. The molecule has 0 saturated carbocycles. The molecule has 5 nitrogen and oxygen atoms in total. The van der Waals surface area contributed by atoms with Crippen LogP contribution < -0.4 is 10.3 Å². The minimum atomic E-state index is -0.353. The molecule has 1 unspecified atom stereocenters. The van der Waals surface area contributed by atoms with Gasteiger partial charge in [-0.15, -0.1) is 0 Å². The van der Waals surface area contributed by atoms with E-state index in [1.54, 1.807) is 12.1 Å². The Hall–Kier alpha value is -2.44. The number of fused-ring (bicyclic) bond motifs is 2. The monoisotopic (exact) mass is 371 g/mol. The molecule has 2 aromatic heterocycles. The molecule has 2 heterocycles. The number of aryl methyl sites for hydroxylation is 1. The topological polar surface area (TPSA) is 56.5 Å². The number of benzene rings is 2. The van der Waals surface area contributed by atoms with Crippen LogP contribution in [0.2, 0.25) is 5.02 Å². The second kappa shape index (κ2) is 6.13. The Labute approximate surface area is 152 Å². The van der Waals surface area contributed by atoms with Crippen molar-refractivity contribution >= 4 is 38.8 Å². The number of rotatable bonds is 3. The summed E-state index contributed by atoms with van der Waals surface area (Å²) in [5, 5.41) is 6.16. The predicted molar refractivity (Wildman–Crippen MR) is 99.9 cm³/mol. The molecular weight excluding hydrogens is 358 g/mol. The maximum absolute atomic E-state index is 12.6. The maximum atomic E-state index is 12.6. The van der Waals surface area contributed by atoms with E-state index in [4.69, 9.17) is 16.3 Å². The summed E-state index contributed by atoms with van der Waals surface area (Å²) < 4.78 is 7.29. The second-order valence-corrected chi connectivity index (χ2v) is 7.16. The number of nitrogens with zero attached hydrogens (tertiary/aromatic N) is 3. The SMILES string of the molecule is Cc1ccc(Cl)c(OC(C)c2nn3c(=O)c4ccccc4nc3s2)c1. The molecule has 0 aliphatic carbocycles. The van der Waals surface area contributed by atoms with Gasteiger partial charge in [-0.1, -0.05) is 41.1 Å². The Morgan fingerprint density at radius 2 is 2.04 bits per heavy atom. The Kier molecular flexibility index (Phi) is 3.94. The van der Waals surface area contributed by atoms with Gasteiger partial charge in [0.05, 0.1) is 15.9 Å². The molecule has 0 aliphatic rings. The zero-order valence-electron chi connectivity index (χ0n) is 13.6. The summed E-state index contributed by atoms with van der Waals surface area (Å²) in [6.45, 7) is 3.85. The fourth-order valence-electron chi connectivity index (χ4n) is 2.58. The third-order valence-corrected chi connectivity index (χ3v) is 5.24. The van der Waals surface area contributed by atoms with Crippen molar-refractivity contribution in [1.82, 2.24) is 14.6 Å². The number of para-hydroxylation sites is 1. The van der Waals surface area contributed by atoms with Gasteiger partial charge < -0.3 is 4.74 Å². The molecule has 0 amide bonds. The fraction of sp³-hybridized carbons (Fsp3) is 0.167. The summed E-state index contributed by atoms with van der Waals surface area (Å²) in [5.41, 5.74) is 1.54. The van der Waals surface area contributed by atoms with E-state index in [1.165, 1.54) is 15.9 Å². The van der Waals surface area contributed by atoms with Crippen LogP contribution >= 0.6 is 22.9 Å². The zero-order chi connectivity index (χ0) is 17.6. The highest BCUT2D eigenvalue weighted by atomic mass is 35.5. The minimum absolute atomic E-state index is 0.177. The van der Waals surface area contributed by atoms with Gasteiger partial charge in [-0.25, -0.2) is 4.98 Å². The van der Waals surface area contributed by atoms with E-state index in [-0.39, 0.29) is 11.7 Å². The maximum Gasteiger partial charge on any atom is 0.283 e. The number of halogens is 1. The Morgan fingerprint density at radius 1 is 1.24 bits per heavy atom. The van der Waals surface area contributed by atoms with Crippen LogP contribution in [-0.2, 0) is 0 Å². The number of hydrogen-bond donors (Lipinski definition) is 0. The molecule has 126 valence electrons. The predicted octanol–water partition coefficient (Wildman–Crippen LogP) is 4.41. The summed E-state index contributed by atoms with van der Waals surface area (Å²) in [4.78, 5) is 17.6. The van der Waals surface area contributed by atoms with Crippen LogP contribution in [0.4, 0.5) is 0 Å². The minimum Gasteiger partial charge on any atom is -0.482 e. The summed E-state index contributed by atoms with van der Waals surface area (Å²) in [6, 6.07) is 12.9. The standard InChI is InChI=1S/C18H14ClN3O2S/c1-10-7-8-13(19)15(9-10)24-11(2)16-21-22-17(23)12-5-3-4-6-14(12)20-18(22)25-16/h3-9,11H,1-2H3. The van der Waals surface area contributed by atoms with Crippen molar-refractivity contribution in [1.29, 1.82) is 0 Å². The molecule has 0 N–H and O–H groups in total. The molecule has 0 radical (unpaired) electrons. The summed E-state index contributed by atoms with van der Waals surface area (Å²) in [5.74, 6) is 0.596. The molecule has 4 rings (SSSR count). The molecule has 2 aromatic carbocycles. The third kappa shape index (κ3) is 2.88. The van der Waals surface area contributed by atoms with Gasteiger partial charge in [-0.3, -0.25) is 4.79 Å². The van der Waals surface area contributed by atoms with Gasteiger partial charge in [0.25, 0.3) is 5.56 Å². The van der Waals surface area contributed by atoms with Crippen LogP contribution in [0.25, 0.3) is 15.9 Å². The highest BCUT2D eigenvalue weighted by Gasteiger charge is 2.17. The molecule has 4 aromatic rings. The van der Waals surface area contributed by atoms with Gasteiger partial charge in [-0.2, -0.15) is 9.61 Å². The van der Waals surface area contributed by atoms with Crippen LogP contribution in [0.15, 0.2) is 47.3 Å². The van der Waals surface area contributed by atoms with Gasteiger partial charge >= 0.3 is 0 Å². The normalized spacial score (nSPS) is 12.6.